The van der Waals surface area contributed by atoms with Crippen molar-refractivity contribution < 1.29 is 12.9 Å². The average molecular weight is 446 g/mol. The van der Waals surface area contributed by atoms with Crippen molar-refractivity contribution in [3.05, 3.63) is 58.8 Å². The van der Waals surface area contributed by atoms with Crippen LogP contribution in [-0.2, 0) is 29.7 Å². The Bertz CT molecular complexity index is 1110. The van der Waals surface area contributed by atoms with Gasteiger partial charge in [0, 0.05) is 39.3 Å². The van der Waals surface area contributed by atoms with E-state index in [9.17, 15) is 8.42 Å². The van der Waals surface area contributed by atoms with Crippen molar-refractivity contribution in [3.63, 3.8) is 0 Å². The van der Waals surface area contributed by atoms with Gasteiger partial charge in [-0.2, -0.15) is 22.0 Å². The summed E-state index contributed by atoms with van der Waals surface area (Å²) in [6.45, 7) is 3.72. The number of benzene rings is 1. The van der Waals surface area contributed by atoms with Gasteiger partial charge in [-0.3, -0.25) is 4.90 Å². The highest BCUT2D eigenvalue weighted by Crippen LogP contribution is 2.24. The Labute approximate surface area is 179 Å². The van der Waals surface area contributed by atoms with Crippen molar-refractivity contribution in [1.29, 1.82) is 0 Å². The van der Waals surface area contributed by atoms with E-state index < -0.39 is 10.2 Å². The zero-order chi connectivity index (χ0) is 20.6. The maximum Gasteiger partial charge on any atom is 0.282 e. The first-order chi connectivity index (χ1) is 14.6. The molecule has 5 rings (SSSR count). The van der Waals surface area contributed by atoms with E-state index in [2.05, 4.69) is 21.1 Å². The Morgan fingerprint density at radius 3 is 2.53 bits per heavy atom. The molecule has 2 aliphatic heterocycles. The van der Waals surface area contributed by atoms with Gasteiger partial charge in [0.1, 0.15) is 0 Å². The smallest absolute Gasteiger partial charge is 0.282 e. The van der Waals surface area contributed by atoms with E-state index in [4.69, 9.17) is 4.52 Å². The van der Waals surface area contributed by atoms with Gasteiger partial charge in [-0.25, -0.2) is 0 Å². The van der Waals surface area contributed by atoms with E-state index in [0.29, 0.717) is 57.5 Å². The Kier molecular flexibility index (Phi) is 5.42. The molecule has 0 unspecified atom stereocenters. The van der Waals surface area contributed by atoms with Crippen LogP contribution < -0.4 is 0 Å². The van der Waals surface area contributed by atoms with Crippen LogP contribution >= 0.6 is 11.3 Å². The minimum atomic E-state index is -3.46. The third-order valence-corrected chi connectivity index (χ3v) is 8.50. The summed E-state index contributed by atoms with van der Waals surface area (Å²) in [7, 11) is -3.46. The molecule has 0 bridgehead atoms. The standard InChI is InChI=1S/C20H23N5O3S2/c26-30(27,25-8-7-16-4-1-2-5-17(16)14-25)24-11-9-23(10-12-24)15-19-21-20(22-28-19)18-6-3-13-29-18/h1-6,13H,7-12,14-15H2. The summed E-state index contributed by atoms with van der Waals surface area (Å²) in [5, 5.41) is 6.02. The normalized spacial score (nSPS) is 19.1. The van der Waals surface area contributed by atoms with E-state index in [-0.39, 0.29) is 0 Å². The van der Waals surface area contributed by atoms with Crippen molar-refractivity contribution in [2.24, 2.45) is 0 Å². The molecule has 2 aliphatic rings. The van der Waals surface area contributed by atoms with Crippen LogP contribution in [0.15, 0.2) is 46.3 Å². The summed E-state index contributed by atoms with van der Waals surface area (Å²) in [6.07, 6.45) is 0.763. The number of hydrogen-bond donors (Lipinski definition) is 0. The van der Waals surface area contributed by atoms with Crippen LogP contribution in [0.1, 0.15) is 17.0 Å². The number of fused-ring (bicyclic) bond motifs is 1. The fourth-order valence-corrected chi connectivity index (χ4v) is 6.19. The summed E-state index contributed by atoms with van der Waals surface area (Å²) in [4.78, 5) is 7.59. The van der Waals surface area contributed by atoms with E-state index in [1.165, 1.54) is 5.56 Å². The number of hydrogen-bond acceptors (Lipinski definition) is 7. The lowest BCUT2D eigenvalue weighted by Gasteiger charge is -2.37. The zero-order valence-electron chi connectivity index (χ0n) is 16.5. The second kappa shape index (κ2) is 8.20. The predicted molar refractivity (Wildman–Crippen MR) is 114 cm³/mol. The van der Waals surface area contributed by atoms with Gasteiger partial charge >= 0.3 is 0 Å². The molecule has 4 heterocycles. The second-order valence-electron chi connectivity index (χ2n) is 7.52. The maximum atomic E-state index is 13.1. The molecule has 3 aromatic rings. The quantitative estimate of drug-likeness (QED) is 0.599. The average Bonchev–Trinajstić information content (AvgIpc) is 3.46. The summed E-state index contributed by atoms with van der Waals surface area (Å²) in [5.74, 6) is 1.16. The highest BCUT2D eigenvalue weighted by molar-refractivity contribution is 7.86. The van der Waals surface area contributed by atoms with Crippen molar-refractivity contribution in [2.45, 2.75) is 19.5 Å². The number of nitrogens with zero attached hydrogens (tertiary/aromatic N) is 5. The third kappa shape index (κ3) is 3.93. The molecular formula is C20H23N5O3S2. The van der Waals surface area contributed by atoms with Crippen LogP contribution in [0.4, 0.5) is 0 Å². The van der Waals surface area contributed by atoms with E-state index in [0.717, 1.165) is 16.9 Å². The molecule has 30 heavy (non-hydrogen) atoms. The lowest BCUT2D eigenvalue weighted by Crippen LogP contribution is -2.53. The predicted octanol–water partition coefficient (Wildman–Crippen LogP) is 2.22. The molecule has 0 amide bonds. The summed E-state index contributed by atoms with van der Waals surface area (Å²) in [6, 6.07) is 12.0. The number of thiophene rings is 1. The highest BCUT2D eigenvalue weighted by Gasteiger charge is 2.34. The number of rotatable bonds is 5. The van der Waals surface area contributed by atoms with Crippen molar-refractivity contribution in [1.82, 2.24) is 23.7 Å². The van der Waals surface area contributed by atoms with Gasteiger partial charge in [0.25, 0.3) is 10.2 Å². The zero-order valence-corrected chi connectivity index (χ0v) is 18.1. The molecule has 0 N–H and O–H groups in total. The van der Waals surface area contributed by atoms with Gasteiger partial charge in [0.15, 0.2) is 0 Å². The lowest BCUT2D eigenvalue weighted by molar-refractivity contribution is 0.157. The van der Waals surface area contributed by atoms with Crippen LogP contribution in [0.25, 0.3) is 10.7 Å². The maximum absolute atomic E-state index is 13.1. The first kappa shape index (κ1) is 19.8. The van der Waals surface area contributed by atoms with Gasteiger partial charge in [0.05, 0.1) is 11.4 Å². The molecule has 8 nitrogen and oxygen atoms in total. The Hall–Kier alpha value is -2.11. The number of aromatic nitrogens is 2. The molecule has 0 spiro atoms. The molecule has 0 radical (unpaired) electrons. The first-order valence-electron chi connectivity index (χ1n) is 10.0. The van der Waals surface area contributed by atoms with Crippen LogP contribution in [-0.4, -0.2) is 64.8 Å². The fraction of sp³-hybridized carbons (Fsp3) is 0.400. The Balaban J connectivity index is 1.19. The molecule has 10 heteroatoms. The highest BCUT2D eigenvalue weighted by atomic mass is 32.2. The molecule has 0 aliphatic carbocycles. The van der Waals surface area contributed by atoms with E-state index >= 15 is 0 Å². The number of piperazine rings is 1. The van der Waals surface area contributed by atoms with Crippen LogP contribution in [0.3, 0.4) is 0 Å². The fourth-order valence-electron chi connectivity index (χ4n) is 3.96. The van der Waals surface area contributed by atoms with Gasteiger partial charge in [-0.05, 0) is 29.0 Å². The summed E-state index contributed by atoms with van der Waals surface area (Å²) < 4.78 is 34.9. The SMILES string of the molecule is O=S(=O)(N1CCN(Cc2nc(-c3cccs3)no2)CC1)N1CCc2ccccc2C1. The minimum absolute atomic E-state index is 0.451. The Morgan fingerprint density at radius 2 is 1.77 bits per heavy atom. The van der Waals surface area contributed by atoms with Crippen molar-refractivity contribution in [2.75, 3.05) is 32.7 Å². The topological polar surface area (TPSA) is 82.8 Å². The molecule has 0 saturated carbocycles. The second-order valence-corrected chi connectivity index (χ2v) is 10.4. The monoisotopic (exact) mass is 445 g/mol. The molecule has 0 atom stereocenters. The van der Waals surface area contributed by atoms with Gasteiger partial charge in [0.2, 0.25) is 11.7 Å². The van der Waals surface area contributed by atoms with Gasteiger partial charge < -0.3 is 4.52 Å². The van der Waals surface area contributed by atoms with Crippen LogP contribution in [0.5, 0.6) is 0 Å². The largest absolute Gasteiger partial charge is 0.338 e. The summed E-state index contributed by atoms with van der Waals surface area (Å²) >= 11 is 1.57. The van der Waals surface area contributed by atoms with Crippen LogP contribution in [0, 0.1) is 0 Å². The molecule has 1 aromatic carbocycles. The van der Waals surface area contributed by atoms with Crippen molar-refractivity contribution >= 4 is 21.5 Å². The molecule has 2 aromatic heterocycles. The van der Waals surface area contributed by atoms with E-state index in [1.807, 2.05) is 35.7 Å². The molecular weight excluding hydrogens is 422 g/mol. The molecule has 1 fully saturated rings. The molecule has 1 saturated heterocycles. The van der Waals surface area contributed by atoms with E-state index in [1.54, 1.807) is 19.9 Å². The van der Waals surface area contributed by atoms with Gasteiger partial charge in [-0.15, -0.1) is 11.3 Å². The first-order valence-corrected chi connectivity index (χ1v) is 12.3. The van der Waals surface area contributed by atoms with Crippen LogP contribution in [0.2, 0.25) is 0 Å². The van der Waals surface area contributed by atoms with Gasteiger partial charge in [-0.1, -0.05) is 35.5 Å². The minimum Gasteiger partial charge on any atom is -0.338 e. The van der Waals surface area contributed by atoms with Crippen molar-refractivity contribution in [3.8, 4) is 10.7 Å². The summed E-state index contributed by atoms with van der Waals surface area (Å²) in [5.41, 5.74) is 2.35. The lowest BCUT2D eigenvalue weighted by atomic mass is 10.0. The molecule has 158 valence electrons. The Morgan fingerprint density at radius 1 is 0.967 bits per heavy atom. The third-order valence-electron chi connectivity index (χ3n) is 5.65.